The average Bonchev–Trinajstić information content (AvgIpc) is 2.87. The molecule has 3 aromatic carbocycles. The molecule has 0 aliphatic carbocycles. The predicted molar refractivity (Wildman–Crippen MR) is 143 cm³/mol. The van der Waals surface area contributed by atoms with Gasteiger partial charge in [-0.25, -0.2) is 34.7 Å². The van der Waals surface area contributed by atoms with Crippen LogP contribution >= 0.6 is 0 Å². The zero-order valence-electron chi connectivity index (χ0n) is 28.0. The largest absolute Gasteiger partial charge is 0.243 e. The number of nitrogens with one attached hydrogen (secondary N) is 2. The first-order chi connectivity index (χ1) is 20.3. The molecule has 3 rings (SSSR count). The van der Waals surface area contributed by atoms with Crippen molar-refractivity contribution in [3.05, 3.63) is 89.5 Å². The summed E-state index contributed by atoms with van der Waals surface area (Å²) in [6.07, 6.45) is 0. The summed E-state index contributed by atoms with van der Waals surface area (Å²) >= 11 is 0. The van der Waals surface area contributed by atoms with Crippen molar-refractivity contribution in [3.63, 3.8) is 0 Å². The van der Waals surface area contributed by atoms with E-state index < -0.39 is 75.0 Å². The molecule has 0 amide bonds. The number of aryl methyl sites for hydroxylation is 3. The Balaban J connectivity index is 2.22. The second kappa shape index (κ2) is 11.8. The lowest BCUT2D eigenvalue weighted by molar-refractivity contribution is 0.415. The van der Waals surface area contributed by atoms with Gasteiger partial charge in [-0.2, -0.15) is 4.31 Å². The smallest absolute Gasteiger partial charge is 0.210 e. The molecule has 0 aliphatic heterocycles. The first-order valence-corrected chi connectivity index (χ1v) is 15.0. The molecule has 2 N–H and O–H groups in total. The van der Waals surface area contributed by atoms with Crippen LogP contribution in [0.4, 0.5) is 0 Å². The Kier molecular flexibility index (Phi) is 6.23. The number of hydrogen-bond donors (Lipinski definition) is 2. The van der Waals surface area contributed by atoms with Gasteiger partial charge in [0.15, 0.2) is 0 Å². The number of hydrogen-bond acceptors (Lipinski definition) is 6. The van der Waals surface area contributed by atoms with Crippen molar-refractivity contribution in [1.82, 2.24) is 13.7 Å². The Bertz CT molecular complexity index is 1770. The van der Waals surface area contributed by atoms with Crippen molar-refractivity contribution in [2.45, 2.75) is 35.5 Å². The lowest BCUT2D eigenvalue weighted by atomic mass is 10.2. The molecule has 0 heterocycles. The average molecular weight is 574 g/mol. The van der Waals surface area contributed by atoms with Crippen molar-refractivity contribution < 1.29 is 36.2 Å². The maximum atomic E-state index is 13.9. The molecule has 37 heavy (non-hydrogen) atoms. The third-order valence-electron chi connectivity index (χ3n) is 4.91. The highest BCUT2D eigenvalue weighted by atomic mass is 32.2. The molecule has 0 saturated heterocycles. The third-order valence-corrected chi connectivity index (χ3v) is 8.97. The number of sulfonamides is 3. The first kappa shape index (κ1) is 19.5. The molecule has 3 aromatic rings. The molecule has 12 heteroatoms. The summed E-state index contributed by atoms with van der Waals surface area (Å²) < 4.78 is 150. The van der Waals surface area contributed by atoms with Crippen LogP contribution in [-0.2, 0) is 30.1 Å². The van der Waals surface area contributed by atoms with Gasteiger partial charge >= 0.3 is 0 Å². The van der Waals surface area contributed by atoms with E-state index in [2.05, 4.69) is 0 Å². The Labute approximate surface area is 230 Å². The van der Waals surface area contributed by atoms with Crippen LogP contribution in [0, 0.1) is 20.8 Å². The van der Waals surface area contributed by atoms with E-state index in [1.165, 1.54) is 45.8 Å². The second-order valence-corrected chi connectivity index (χ2v) is 13.0. The maximum Gasteiger partial charge on any atom is 0.243 e. The highest BCUT2D eigenvalue weighted by Gasteiger charge is 2.26. The Morgan fingerprint density at radius 3 is 1.19 bits per heavy atom. The summed E-state index contributed by atoms with van der Waals surface area (Å²) in [5.41, 5.74) is 1.78. The van der Waals surface area contributed by atoms with Gasteiger partial charge in [-0.05, 0) is 57.2 Å². The van der Waals surface area contributed by atoms with E-state index in [-0.39, 0.29) is 0 Å². The predicted octanol–water partition coefficient (Wildman–Crippen LogP) is 2.56. The summed E-state index contributed by atoms with van der Waals surface area (Å²) in [7, 11) is -15.5. The Morgan fingerprint density at radius 1 is 0.568 bits per heavy atom. The zero-order chi connectivity index (χ0) is 34.4. The minimum absolute atomic E-state index is 0.522. The van der Waals surface area contributed by atoms with E-state index in [0.717, 1.165) is 36.4 Å². The molecule has 0 bridgehead atoms. The van der Waals surface area contributed by atoms with E-state index in [1.54, 1.807) is 20.8 Å². The molecule has 0 spiro atoms. The minimum Gasteiger partial charge on any atom is -0.210 e. The second-order valence-electron chi connectivity index (χ2n) is 7.89. The van der Waals surface area contributed by atoms with E-state index in [1.807, 2.05) is 0 Å². The van der Waals surface area contributed by atoms with E-state index in [9.17, 15) is 25.3 Å². The van der Waals surface area contributed by atoms with Crippen molar-refractivity contribution in [3.8, 4) is 0 Å². The zero-order valence-corrected chi connectivity index (χ0v) is 22.5. The lowest BCUT2D eigenvalue weighted by Gasteiger charge is -2.23. The van der Waals surface area contributed by atoms with Crippen molar-refractivity contribution in [1.29, 1.82) is 0 Å². The quantitative estimate of drug-likeness (QED) is 0.343. The summed E-state index contributed by atoms with van der Waals surface area (Å²) in [4.78, 5) is -1.90. The SMILES string of the molecule is [2H]C([2H])(NS(=O)(=O)c1ccc(C)cc1)C([2H])([2H])N(C([2H])([2H])C([2H])([2H])NS(=O)(=O)c1ccc(C)cc1)S(=O)(=O)c1ccc(C)cc1. The standard InChI is InChI=1S/C25H31N3O6S3/c1-20-4-10-23(11-5-20)35(29,30)26-16-18-28(37(33,34)25-14-8-22(3)9-15-25)19-17-27-36(31,32)24-12-6-21(2)7-13-24/h4-15,26-27H,16-19H2,1-3H3/i16D2,17D2,18D2,19D2. The number of rotatable bonds is 12. The number of benzene rings is 3. The number of nitrogens with zero attached hydrogens (tertiary/aromatic N) is 1. The summed E-state index contributed by atoms with van der Waals surface area (Å²) in [6, 6.07) is 14.1. The van der Waals surface area contributed by atoms with Crippen LogP contribution in [0.3, 0.4) is 0 Å². The van der Waals surface area contributed by atoms with Crippen molar-refractivity contribution >= 4 is 30.1 Å². The van der Waals surface area contributed by atoms with Gasteiger partial charge in [-0.3, -0.25) is 0 Å². The van der Waals surface area contributed by atoms with Gasteiger partial charge in [-0.15, -0.1) is 0 Å². The molecule has 0 aliphatic rings. The molecule has 0 radical (unpaired) electrons. The van der Waals surface area contributed by atoms with Crippen LogP contribution in [0.2, 0.25) is 0 Å². The van der Waals surface area contributed by atoms with Crippen LogP contribution in [-0.4, -0.2) is 55.5 Å². The molecular formula is C25H31N3O6S3. The van der Waals surface area contributed by atoms with E-state index in [0.29, 0.717) is 16.7 Å². The fourth-order valence-electron chi connectivity index (χ4n) is 2.80. The van der Waals surface area contributed by atoms with E-state index >= 15 is 0 Å². The van der Waals surface area contributed by atoms with E-state index in [4.69, 9.17) is 11.0 Å². The van der Waals surface area contributed by atoms with Gasteiger partial charge in [0.1, 0.15) is 0 Å². The van der Waals surface area contributed by atoms with Gasteiger partial charge in [0.05, 0.1) is 14.7 Å². The fourth-order valence-corrected chi connectivity index (χ4v) is 5.41. The Hall–Kier alpha value is -2.61. The lowest BCUT2D eigenvalue weighted by Crippen LogP contribution is -2.42. The highest BCUT2D eigenvalue weighted by molar-refractivity contribution is 7.90. The van der Waals surface area contributed by atoms with Gasteiger partial charge in [0.25, 0.3) is 0 Å². The third kappa shape index (κ3) is 7.69. The summed E-state index contributed by atoms with van der Waals surface area (Å²) in [6.45, 7) is -11.7. The van der Waals surface area contributed by atoms with Crippen LogP contribution < -0.4 is 9.44 Å². The van der Waals surface area contributed by atoms with Gasteiger partial charge in [0.2, 0.25) is 30.1 Å². The molecule has 0 unspecified atom stereocenters. The van der Waals surface area contributed by atoms with Crippen LogP contribution in [0.1, 0.15) is 27.7 Å². The topological polar surface area (TPSA) is 130 Å². The van der Waals surface area contributed by atoms with Crippen LogP contribution in [0.15, 0.2) is 87.5 Å². The monoisotopic (exact) mass is 573 g/mol. The van der Waals surface area contributed by atoms with Crippen molar-refractivity contribution in [2.75, 3.05) is 26.0 Å². The van der Waals surface area contributed by atoms with Gasteiger partial charge < -0.3 is 0 Å². The highest BCUT2D eigenvalue weighted by Crippen LogP contribution is 2.17. The molecule has 0 saturated carbocycles. The summed E-state index contributed by atoms with van der Waals surface area (Å²) in [5.74, 6) is 0. The van der Waals surface area contributed by atoms with Crippen LogP contribution in [0.25, 0.3) is 0 Å². The Morgan fingerprint density at radius 2 is 0.865 bits per heavy atom. The molecule has 200 valence electrons. The molecular weight excluding hydrogens is 534 g/mol. The molecule has 9 nitrogen and oxygen atoms in total. The molecule has 0 aromatic heterocycles. The maximum absolute atomic E-state index is 13.9. The van der Waals surface area contributed by atoms with Crippen molar-refractivity contribution in [2.24, 2.45) is 0 Å². The fraction of sp³-hybridized carbons (Fsp3) is 0.280. The van der Waals surface area contributed by atoms with Crippen LogP contribution in [0.5, 0.6) is 0 Å². The normalized spacial score (nSPS) is 17.4. The first-order valence-electron chi connectivity index (χ1n) is 14.6. The summed E-state index contributed by atoms with van der Waals surface area (Å²) in [5, 5.41) is 0. The molecule has 0 fully saturated rings. The van der Waals surface area contributed by atoms with Gasteiger partial charge in [-0.1, -0.05) is 53.1 Å². The van der Waals surface area contributed by atoms with Gasteiger partial charge in [0, 0.05) is 37.0 Å². The minimum atomic E-state index is -5.62. The molecule has 0 atom stereocenters.